The van der Waals surface area contributed by atoms with Gasteiger partial charge in [-0.1, -0.05) is 0 Å². The summed E-state index contributed by atoms with van der Waals surface area (Å²) in [6.07, 6.45) is 5.52. The highest BCUT2D eigenvalue weighted by Crippen LogP contribution is 2.10. The molecule has 2 heterocycles. The molecule has 0 bridgehead atoms. The van der Waals surface area contributed by atoms with E-state index in [1.54, 1.807) is 6.20 Å². The molecule has 0 spiro atoms. The second-order valence-electron chi connectivity index (χ2n) is 2.28. The monoisotopic (exact) mass is 131 g/mol. The zero-order valence-corrected chi connectivity index (χ0v) is 5.70. The molecule has 0 aliphatic carbocycles. The molecule has 10 heavy (non-hydrogen) atoms. The minimum absolute atomic E-state index is 1.12. The molecule has 2 aromatic rings. The highest BCUT2D eigenvalue weighted by molar-refractivity contribution is 5.77. The van der Waals surface area contributed by atoms with Crippen LogP contribution < -0.4 is 0 Å². The van der Waals surface area contributed by atoms with Crippen LogP contribution in [0, 0.1) is 6.07 Å². The predicted molar refractivity (Wildman–Crippen MR) is 39.6 cm³/mol. The lowest BCUT2D eigenvalue weighted by Gasteiger charge is -1.91. The van der Waals surface area contributed by atoms with Gasteiger partial charge in [-0.25, -0.2) is 0 Å². The summed E-state index contributed by atoms with van der Waals surface area (Å²) in [4.78, 5) is 3.97. The van der Waals surface area contributed by atoms with Gasteiger partial charge in [-0.3, -0.25) is 4.98 Å². The molecule has 1 radical (unpaired) electrons. The third-order valence-corrected chi connectivity index (χ3v) is 1.61. The first kappa shape index (κ1) is 5.47. The second kappa shape index (κ2) is 1.84. The Kier molecular flexibility index (Phi) is 1.01. The number of hydrogen-bond donors (Lipinski definition) is 0. The first-order valence-electron chi connectivity index (χ1n) is 3.14. The summed E-state index contributed by atoms with van der Waals surface area (Å²) in [5.41, 5.74) is 1.13. The Morgan fingerprint density at radius 2 is 2.50 bits per heavy atom. The standard InChI is InChI=1S/C8H7N2/c1-10-5-3-7-2-4-9-6-8(7)10/h3-6H,1H3. The van der Waals surface area contributed by atoms with Crippen molar-refractivity contribution in [1.29, 1.82) is 0 Å². The van der Waals surface area contributed by atoms with Gasteiger partial charge in [-0.2, -0.15) is 0 Å². The summed E-state index contributed by atoms with van der Waals surface area (Å²) >= 11 is 0. The number of fused-ring (bicyclic) bond motifs is 1. The average molecular weight is 131 g/mol. The molecule has 0 aliphatic rings. The number of pyridine rings is 1. The van der Waals surface area contributed by atoms with Gasteiger partial charge in [0.25, 0.3) is 0 Å². The molecule has 0 saturated carbocycles. The van der Waals surface area contributed by atoms with Crippen molar-refractivity contribution >= 4 is 10.9 Å². The quantitative estimate of drug-likeness (QED) is 0.528. The van der Waals surface area contributed by atoms with Crippen molar-refractivity contribution in [2.75, 3.05) is 0 Å². The fraction of sp³-hybridized carbons (Fsp3) is 0.125. The van der Waals surface area contributed by atoms with Crippen molar-refractivity contribution in [3.8, 4) is 0 Å². The van der Waals surface area contributed by atoms with E-state index in [-0.39, 0.29) is 0 Å². The molecular formula is C8H7N2. The molecule has 0 fully saturated rings. The molecule has 0 saturated heterocycles. The average Bonchev–Trinajstić information content (AvgIpc) is 2.34. The van der Waals surface area contributed by atoms with Gasteiger partial charge < -0.3 is 4.57 Å². The highest BCUT2D eigenvalue weighted by Gasteiger charge is 1.93. The maximum atomic E-state index is 3.97. The molecule has 0 aromatic carbocycles. The van der Waals surface area contributed by atoms with E-state index >= 15 is 0 Å². The Bertz CT molecular complexity index is 349. The molecule has 2 rings (SSSR count). The second-order valence-corrected chi connectivity index (χ2v) is 2.28. The van der Waals surface area contributed by atoms with E-state index in [0.29, 0.717) is 0 Å². The number of hydrogen-bond acceptors (Lipinski definition) is 1. The van der Waals surface area contributed by atoms with Crippen LogP contribution in [0.5, 0.6) is 0 Å². The lowest BCUT2D eigenvalue weighted by molar-refractivity contribution is 0.965. The van der Waals surface area contributed by atoms with E-state index in [1.165, 1.54) is 0 Å². The van der Waals surface area contributed by atoms with E-state index in [0.717, 1.165) is 10.9 Å². The van der Waals surface area contributed by atoms with Crippen molar-refractivity contribution < 1.29 is 0 Å². The maximum Gasteiger partial charge on any atom is 0.0670 e. The van der Waals surface area contributed by atoms with Crippen molar-refractivity contribution in [1.82, 2.24) is 9.55 Å². The summed E-state index contributed by atoms with van der Waals surface area (Å²) in [6.45, 7) is 0. The van der Waals surface area contributed by atoms with Crippen LogP contribution in [0.25, 0.3) is 10.9 Å². The zero-order valence-electron chi connectivity index (χ0n) is 5.70. The summed E-state index contributed by atoms with van der Waals surface area (Å²) in [5, 5.41) is 1.12. The molecule has 0 unspecified atom stereocenters. The normalized spacial score (nSPS) is 10.5. The third-order valence-electron chi connectivity index (χ3n) is 1.61. The van der Waals surface area contributed by atoms with Gasteiger partial charge in [0.15, 0.2) is 0 Å². The van der Waals surface area contributed by atoms with Crippen molar-refractivity contribution in [2.24, 2.45) is 7.05 Å². The molecule has 2 heteroatoms. The van der Waals surface area contributed by atoms with E-state index < -0.39 is 0 Å². The first-order chi connectivity index (χ1) is 4.88. The lowest BCUT2D eigenvalue weighted by Crippen LogP contribution is -1.83. The summed E-state index contributed by atoms with van der Waals surface area (Å²) < 4.78 is 2.03. The number of aryl methyl sites for hydroxylation is 1. The van der Waals surface area contributed by atoms with Crippen LogP contribution in [0.15, 0.2) is 24.7 Å². The number of nitrogens with zero attached hydrogens (tertiary/aromatic N) is 2. The smallest absolute Gasteiger partial charge is 0.0670 e. The van der Waals surface area contributed by atoms with Gasteiger partial charge in [-0.15, -0.1) is 0 Å². The molecule has 2 aromatic heterocycles. The molecule has 2 nitrogen and oxygen atoms in total. The van der Waals surface area contributed by atoms with E-state index in [1.807, 2.05) is 30.1 Å². The molecule has 0 N–H and O–H groups in total. The maximum absolute atomic E-state index is 3.97. The topological polar surface area (TPSA) is 17.8 Å². The summed E-state index contributed by atoms with van der Waals surface area (Å²) in [7, 11) is 2.00. The van der Waals surface area contributed by atoms with E-state index in [2.05, 4.69) is 11.1 Å². The van der Waals surface area contributed by atoms with Crippen LogP contribution in [-0.4, -0.2) is 9.55 Å². The molecule has 0 atom stereocenters. The minimum Gasteiger partial charge on any atom is -0.349 e. The SMILES string of the molecule is Cn1ccc2[c]cncc21. The third kappa shape index (κ3) is 0.620. The highest BCUT2D eigenvalue weighted by atomic mass is 14.9. The van der Waals surface area contributed by atoms with Crippen LogP contribution in [0.3, 0.4) is 0 Å². The van der Waals surface area contributed by atoms with Crippen LogP contribution in [-0.2, 0) is 7.05 Å². The van der Waals surface area contributed by atoms with Gasteiger partial charge in [0.1, 0.15) is 0 Å². The largest absolute Gasteiger partial charge is 0.349 e. The van der Waals surface area contributed by atoms with E-state index in [9.17, 15) is 0 Å². The Morgan fingerprint density at radius 3 is 3.30 bits per heavy atom. The molecule has 49 valence electrons. The van der Waals surface area contributed by atoms with E-state index in [4.69, 9.17) is 0 Å². The molecule has 0 aliphatic heterocycles. The van der Waals surface area contributed by atoms with Crippen LogP contribution in [0.4, 0.5) is 0 Å². The predicted octanol–water partition coefficient (Wildman–Crippen LogP) is 1.37. The summed E-state index contributed by atoms with van der Waals surface area (Å²) in [6, 6.07) is 5.06. The molecule has 0 amide bonds. The van der Waals surface area contributed by atoms with Gasteiger partial charge in [0, 0.05) is 30.9 Å². The van der Waals surface area contributed by atoms with Crippen molar-refractivity contribution in [2.45, 2.75) is 0 Å². The van der Waals surface area contributed by atoms with Crippen molar-refractivity contribution in [3.63, 3.8) is 0 Å². The lowest BCUT2D eigenvalue weighted by atomic mass is 10.3. The Labute approximate surface area is 59.1 Å². The fourth-order valence-corrected chi connectivity index (χ4v) is 1.04. The van der Waals surface area contributed by atoms with Crippen LogP contribution in [0.2, 0.25) is 0 Å². The Hall–Kier alpha value is -1.31. The van der Waals surface area contributed by atoms with Gasteiger partial charge in [-0.05, 0) is 6.07 Å². The van der Waals surface area contributed by atoms with Crippen LogP contribution >= 0.6 is 0 Å². The van der Waals surface area contributed by atoms with Crippen molar-refractivity contribution in [3.05, 3.63) is 30.7 Å². The van der Waals surface area contributed by atoms with Crippen LogP contribution in [0.1, 0.15) is 0 Å². The number of rotatable bonds is 0. The Morgan fingerprint density at radius 1 is 1.60 bits per heavy atom. The first-order valence-corrected chi connectivity index (χ1v) is 3.14. The van der Waals surface area contributed by atoms with Gasteiger partial charge >= 0.3 is 0 Å². The number of aromatic nitrogens is 2. The van der Waals surface area contributed by atoms with Gasteiger partial charge in [0.05, 0.1) is 11.7 Å². The zero-order chi connectivity index (χ0) is 6.97. The van der Waals surface area contributed by atoms with Gasteiger partial charge in [0.2, 0.25) is 0 Å². The minimum atomic E-state index is 1.12. The Balaban J connectivity index is 2.93. The molecular weight excluding hydrogens is 124 g/mol. The fourth-order valence-electron chi connectivity index (χ4n) is 1.04. The summed E-state index contributed by atoms with van der Waals surface area (Å²) in [5.74, 6) is 0.